The second-order valence-corrected chi connectivity index (χ2v) is 5.88. The lowest BCUT2D eigenvalue weighted by atomic mass is 10.2. The molecule has 0 unspecified atom stereocenters. The number of hydrogen-bond donors (Lipinski definition) is 2. The monoisotopic (exact) mass is 346 g/mol. The van der Waals surface area contributed by atoms with Gasteiger partial charge >= 0.3 is 11.9 Å². The van der Waals surface area contributed by atoms with Gasteiger partial charge in [-0.2, -0.15) is 0 Å². The van der Waals surface area contributed by atoms with Gasteiger partial charge in [0.25, 0.3) is 5.91 Å². The van der Waals surface area contributed by atoms with Crippen LogP contribution in [-0.2, 0) is 19.1 Å². The predicted octanol–water partition coefficient (Wildman–Crippen LogP) is 0.923. The van der Waals surface area contributed by atoms with Crippen molar-refractivity contribution >= 4 is 17.8 Å². The number of carbonyl (C=O) groups is 3. The summed E-state index contributed by atoms with van der Waals surface area (Å²) in [5.41, 5.74) is 2.28. The van der Waals surface area contributed by atoms with E-state index in [0.29, 0.717) is 12.5 Å². The maximum atomic E-state index is 12.2. The standard InChI is InChI=1S/C14H28N4O4.C2H6/c1-6-22-14(21)13(20)16-18(8-11(4)5)12(19)9-17(15)7-10(2)3;1-2/h10-11H,6-9,15H2,1-5H3,(H,16,20);1-2H3. The summed E-state index contributed by atoms with van der Waals surface area (Å²) in [7, 11) is 0. The van der Waals surface area contributed by atoms with E-state index < -0.39 is 11.9 Å². The SMILES string of the molecule is CC.CCOC(=O)C(=O)NN(CC(C)C)C(=O)CN(N)CC(C)C. The lowest BCUT2D eigenvalue weighted by Crippen LogP contribution is -2.54. The fraction of sp³-hybridized carbons (Fsp3) is 0.812. The van der Waals surface area contributed by atoms with E-state index in [9.17, 15) is 14.4 Å². The molecule has 0 aromatic carbocycles. The number of esters is 1. The smallest absolute Gasteiger partial charge is 0.398 e. The second-order valence-electron chi connectivity index (χ2n) is 5.88. The van der Waals surface area contributed by atoms with Gasteiger partial charge in [-0.3, -0.25) is 25.9 Å². The molecular weight excluding hydrogens is 312 g/mol. The van der Waals surface area contributed by atoms with Crippen molar-refractivity contribution < 1.29 is 19.1 Å². The Labute approximate surface area is 145 Å². The minimum absolute atomic E-state index is 0.0476. The summed E-state index contributed by atoms with van der Waals surface area (Å²) in [6, 6.07) is 0. The first kappa shape index (κ1) is 24.6. The van der Waals surface area contributed by atoms with E-state index in [1.165, 1.54) is 5.01 Å². The summed E-state index contributed by atoms with van der Waals surface area (Å²) in [4.78, 5) is 35.2. The highest BCUT2D eigenvalue weighted by Crippen LogP contribution is 1.99. The molecule has 0 heterocycles. The Morgan fingerprint density at radius 3 is 1.96 bits per heavy atom. The average molecular weight is 346 g/mol. The molecule has 0 aliphatic heterocycles. The third kappa shape index (κ3) is 11.8. The topological polar surface area (TPSA) is 105 Å². The van der Waals surface area contributed by atoms with Crippen LogP contribution in [0.2, 0.25) is 0 Å². The number of nitrogens with two attached hydrogens (primary N) is 1. The molecule has 2 amide bonds. The lowest BCUT2D eigenvalue weighted by molar-refractivity contribution is -0.159. The minimum Gasteiger partial charge on any atom is -0.459 e. The molecule has 0 aliphatic carbocycles. The molecule has 142 valence electrons. The van der Waals surface area contributed by atoms with E-state index in [1.54, 1.807) is 6.92 Å². The van der Waals surface area contributed by atoms with E-state index in [4.69, 9.17) is 5.84 Å². The lowest BCUT2D eigenvalue weighted by Gasteiger charge is -2.27. The fourth-order valence-corrected chi connectivity index (χ4v) is 1.73. The molecule has 0 saturated carbocycles. The normalized spacial score (nSPS) is 10.3. The Balaban J connectivity index is 0. The Morgan fingerprint density at radius 2 is 1.54 bits per heavy atom. The molecular formula is C16H34N4O4. The molecule has 0 bridgehead atoms. The zero-order chi connectivity index (χ0) is 19.3. The van der Waals surface area contributed by atoms with Crippen LogP contribution in [-0.4, -0.2) is 54.0 Å². The van der Waals surface area contributed by atoms with Crippen LogP contribution in [0, 0.1) is 11.8 Å². The highest BCUT2D eigenvalue weighted by Gasteiger charge is 2.23. The van der Waals surface area contributed by atoms with Crippen molar-refractivity contribution in [3.63, 3.8) is 0 Å². The molecule has 0 aliphatic rings. The van der Waals surface area contributed by atoms with Gasteiger partial charge in [0, 0.05) is 13.1 Å². The first-order chi connectivity index (χ1) is 11.2. The number of amides is 2. The maximum absolute atomic E-state index is 12.2. The van der Waals surface area contributed by atoms with Gasteiger partial charge in [0.05, 0.1) is 13.2 Å². The summed E-state index contributed by atoms with van der Waals surface area (Å²) in [5, 5.41) is 2.50. The quantitative estimate of drug-likeness (QED) is 0.307. The van der Waals surface area contributed by atoms with Crippen LogP contribution in [0.3, 0.4) is 0 Å². The number of nitrogens with one attached hydrogen (secondary N) is 1. The molecule has 8 heteroatoms. The van der Waals surface area contributed by atoms with Crippen molar-refractivity contribution in [3.8, 4) is 0 Å². The fourth-order valence-electron chi connectivity index (χ4n) is 1.73. The molecule has 8 nitrogen and oxygen atoms in total. The molecule has 0 rings (SSSR count). The first-order valence-corrected chi connectivity index (χ1v) is 8.45. The molecule has 0 spiro atoms. The number of ether oxygens (including phenoxy) is 1. The Morgan fingerprint density at radius 1 is 1.04 bits per heavy atom. The Kier molecular flexibility index (Phi) is 14.1. The van der Waals surface area contributed by atoms with Crippen LogP contribution in [0.4, 0.5) is 0 Å². The molecule has 0 fully saturated rings. The minimum atomic E-state index is -1.02. The van der Waals surface area contributed by atoms with Crippen LogP contribution >= 0.6 is 0 Å². The van der Waals surface area contributed by atoms with Gasteiger partial charge in [-0.1, -0.05) is 41.5 Å². The number of rotatable bonds is 7. The summed E-state index contributed by atoms with van der Waals surface area (Å²) >= 11 is 0. The van der Waals surface area contributed by atoms with Gasteiger partial charge in [0.15, 0.2) is 0 Å². The summed E-state index contributed by atoms with van der Waals surface area (Å²) in [6.45, 7) is 14.2. The van der Waals surface area contributed by atoms with Crippen molar-refractivity contribution in [2.24, 2.45) is 17.7 Å². The second kappa shape index (κ2) is 13.7. The van der Waals surface area contributed by atoms with E-state index in [2.05, 4.69) is 10.2 Å². The molecule has 0 saturated heterocycles. The van der Waals surface area contributed by atoms with Crippen LogP contribution < -0.4 is 11.3 Å². The van der Waals surface area contributed by atoms with Gasteiger partial charge in [0.2, 0.25) is 0 Å². The number of hydrazine groups is 2. The van der Waals surface area contributed by atoms with Crippen LogP contribution in [0.15, 0.2) is 0 Å². The van der Waals surface area contributed by atoms with E-state index >= 15 is 0 Å². The van der Waals surface area contributed by atoms with Gasteiger partial charge in [-0.05, 0) is 18.8 Å². The predicted molar refractivity (Wildman–Crippen MR) is 93.3 cm³/mol. The van der Waals surface area contributed by atoms with Crippen LogP contribution in [0.1, 0.15) is 48.5 Å². The van der Waals surface area contributed by atoms with Crippen LogP contribution in [0.5, 0.6) is 0 Å². The summed E-state index contributed by atoms with van der Waals surface area (Å²) in [5.74, 6) is 3.82. The number of hydrogen-bond acceptors (Lipinski definition) is 6. The third-order valence-electron chi connectivity index (χ3n) is 2.48. The highest BCUT2D eigenvalue weighted by molar-refractivity contribution is 6.32. The molecule has 0 atom stereocenters. The van der Waals surface area contributed by atoms with Gasteiger partial charge in [0.1, 0.15) is 0 Å². The number of nitrogens with zero attached hydrogens (tertiary/aromatic N) is 2. The van der Waals surface area contributed by atoms with Crippen molar-refractivity contribution in [3.05, 3.63) is 0 Å². The van der Waals surface area contributed by atoms with E-state index in [0.717, 1.165) is 5.01 Å². The van der Waals surface area contributed by atoms with Gasteiger partial charge in [-0.15, -0.1) is 0 Å². The molecule has 0 aromatic rings. The van der Waals surface area contributed by atoms with Gasteiger partial charge < -0.3 is 4.74 Å². The molecule has 24 heavy (non-hydrogen) atoms. The summed E-state index contributed by atoms with van der Waals surface area (Å²) in [6.07, 6.45) is 0. The van der Waals surface area contributed by atoms with E-state index in [1.807, 2.05) is 41.5 Å². The van der Waals surface area contributed by atoms with Crippen molar-refractivity contribution in [2.75, 3.05) is 26.2 Å². The first-order valence-electron chi connectivity index (χ1n) is 8.45. The van der Waals surface area contributed by atoms with Crippen molar-refractivity contribution in [1.29, 1.82) is 0 Å². The molecule has 0 aromatic heterocycles. The highest BCUT2D eigenvalue weighted by atomic mass is 16.5. The molecule has 3 N–H and O–H groups in total. The van der Waals surface area contributed by atoms with E-state index in [-0.39, 0.29) is 31.5 Å². The zero-order valence-electron chi connectivity index (χ0n) is 16.1. The summed E-state index contributed by atoms with van der Waals surface area (Å²) < 4.78 is 4.60. The third-order valence-corrected chi connectivity index (χ3v) is 2.48. The Bertz CT molecular complexity index is 386. The number of carbonyl (C=O) groups excluding carboxylic acids is 3. The average Bonchev–Trinajstić information content (AvgIpc) is 2.47. The van der Waals surface area contributed by atoms with Crippen molar-refractivity contribution in [1.82, 2.24) is 15.4 Å². The van der Waals surface area contributed by atoms with Crippen molar-refractivity contribution in [2.45, 2.75) is 48.5 Å². The Hall–Kier alpha value is -1.67. The zero-order valence-corrected chi connectivity index (χ0v) is 16.1. The molecule has 0 radical (unpaired) electrons. The largest absolute Gasteiger partial charge is 0.459 e. The van der Waals surface area contributed by atoms with Crippen LogP contribution in [0.25, 0.3) is 0 Å². The van der Waals surface area contributed by atoms with Gasteiger partial charge in [-0.25, -0.2) is 9.80 Å². The maximum Gasteiger partial charge on any atom is 0.398 e.